The fourth-order valence-corrected chi connectivity index (χ4v) is 3.89. The zero-order valence-corrected chi connectivity index (χ0v) is 20.0. The van der Waals surface area contributed by atoms with Crippen LogP contribution in [0, 0.1) is 5.92 Å². The van der Waals surface area contributed by atoms with Gasteiger partial charge in [-0.15, -0.1) is 0 Å². The van der Waals surface area contributed by atoms with Crippen molar-refractivity contribution in [2.24, 2.45) is 5.92 Å². The molecule has 4 rings (SSSR count). The van der Waals surface area contributed by atoms with E-state index < -0.39 is 11.9 Å². The highest BCUT2D eigenvalue weighted by molar-refractivity contribution is 5.92. The number of likely N-dealkylation sites (tertiary alicyclic amines) is 1. The second-order valence-electron chi connectivity index (χ2n) is 8.90. The summed E-state index contributed by atoms with van der Waals surface area (Å²) >= 11 is 0. The van der Waals surface area contributed by atoms with Gasteiger partial charge in [0.1, 0.15) is 18.1 Å². The molecule has 3 amide bonds. The van der Waals surface area contributed by atoms with Gasteiger partial charge in [0.05, 0.1) is 0 Å². The molecule has 0 aliphatic carbocycles. The number of hydrazine groups is 1. The maximum Gasteiger partial charge on any atom is 0.333 e. The molecule has 8 heteroatoms. The van der Waals surface area contributed by atoms with E-state index in [0.29, 0.717) is 18.1 Å². The number of carbonyl (C=O) groups is 2. The monoisotopic (exact) mass is 476 g/mol. The van der Waals surface area contributed by atoms with Crippen LogP contribution in [0.3, 0.4) is 0 Å². The molecule has 3 N–H and O–H groups in total. The van der Waals surface area contributed by atoms with Crippen LogP contribution in [0.2, 0.25) is 0 Å². The molecule has 3 aromatic rings. The number of furan rings is 1. The summed E-state index contributed by atoms with van der Waals surface area (Å²) in [5.41, 5.74) is 6.93. The average Bonchev–Trinajstić information content (AvgIpc) is 3.37. The molecule has 0 saturated carbocycles. The number of piperidine rings is 1. The lowest BCUT2D eigenvalue weighted by molar-refractivity contribution is 0.0904. The van der Waals surface area contributed by atoms with Crippen molar-refractivity contribution in [3.05, 3.63) is 89.4 Å². The van der Waals surface area contributed by atoms with Gasteiger partial charge >= 0.3 is 11.9 Å². The standard InChI is InChI=1S/C27H32N4O4/c1-20-13-15-31(16-14-20)18-22-9-7-21(8-10-22)17-28-27(33)30-29-26(32)25-12-11-24(35-25)19-34-23-5-3-2-4-6-23/h2-12,20H,13-19H2,1H3,(H,29,32)(H2,28,30,33). The van der Waals surface area contributed by atoms with Crippen molar-refractivity contribution in [3.8, 4) is 5.75 Å². The predicted molar refractivity (Wildman–Crippen MR) is 132 cm³/mol. The summed E-state index contributed by atoms with van der Waals surface area (Å²) in [5.74, 6) is 1.56. The quantitative estimate of drug-likeness (QED) is 0.423. The zero-order valence-electron chi connectivity index (χ0n) is 20.0. The Hall–Kier alpha value is -3.78. The minimum absolute atomic E-state index is 0.0794. The molecule has 2 heterocycles. The van der Waals surface area contributed by atoms with Crippen LogP contribution >= 0.6 is 0 Å². The maximum atomic E-state index is 12.2. The summed E-state index contributed by atoms with van der Waals surface area (Å²) in [6.45, 7) is 6.12. The van der Waals surface area contributed by atoms with Gasteiger partial charge in [0.25, 0.3) is 0 Å². The van der Waals surface area contributed by atoms with Gasteiger partial charge in [0, 0.05) is 13.1 Å². The largest absolute Gasteiger partial charge is 0.486 e. The number of amides is 3. The van der Waals surface area contributed by atoms with E-state index in [-0.39, 0.29) is 12.4 Å². The summed E-state index contributed by atoms with van der Waals surface area (Å²) in [6, 6.07) is 20.2. The number of hydrogen-bond donors (Lipinski definition) is 3. The average molecular weight is 477 g/mol. The third kappa shape index (κ3) is 7.61. The fraction of sp³-hybridized carbons (Fsp3) is 0.333. The first kappa shape index (κ1) is 24.3. The van der Waals surface area contributed by atoms with Crippen LogP contribution in [0.15, 0.2) is 71.1 Å². The van der Waals surface area contributed by atoms with Gasteiger partial charge in [-0.25, -0.2) is 10.2 Å². The normalized spacial score (nSPS) is 14.3. The van der Waals surface area contributed by atoms with Gasteiger partial charge in [0.15, 0.2) is 5.76 Å². The zero-order chi connectivity index (χ0) is 24.5. The highest BCUT2D eigenvalue weighted by Gasteiger charge is 2.16. The molecule has 0 atom stereocenters. The lowest BCUT2D eigenvalue weighted by Crippen LogP contribution is -2.46. The van der Waals surface area contributed by atoms with Crippen molar-refractivity contribution in [2.45, 2.75) is 39.5 Å². The molecular weight excluding hydrogens is 444 g/mol. The van der Waals surface area contributed by atoms with Crippen molar-refractivity contribution in [3.63, 3.8) is 0 Å². The van der Waals surface area contributed by atoms with Crippen LogP contribution in [0.5, 0.6) is 5.75 Å². The van der Waals surface area contributed by atoms with Crippen molar-refractivity contribution < 1.29 is 18.7 Å². The van der Waals surface area contributed by atoms with Gasteiger partial charge in [-0.2, -0.15) is 0 Å². The lowest BCUT2D eigenvalue weighted by atomic mass is 9.99. The van der Waals surface area contributed by atoms with Crippen molar-refractivity contribution in [1.82, 2.24) is 21.1 Å². The Labute approximate surface area is 205 Å². The summed E-state index contributed by atoms with van der Waals surface area (Å²) < 4.78 is 11.1. The van der Waals surface area contributed by atoms with E-state index in [4.69, 9.17) is 9.15 Å². The molecule has 35 heavy (non-hydrogen) atoms. The highest BCUT2D eigenvalue weighted by Crippen LogP contribution is 2.18. The van der Waals surface area contributed by atoms with Gasteiger partial charge in [-0.05, 0) is 67.2 Å². The smallest absolute Gasteiger partial charge is 0.333 e. The van der Waals surface area contributed by atoms with Crippen molar-refractivity contribution in [2.75, 3.05) is 13.1 Å². The second-order valence-corrected chi connectivity index (χ2v) is 8.90. The summed E-state index contributed by atoms with van der Waals surface area (Å²) in [6.07, 6.45) is 2.52. The van der Waals surface area contributed by atoms with Crippen LogP contribution in [0.4, 0.5) is 4.79 Å². The van der Waals surface area contributed by atoms with Crippen molar-refractivity contribution in [1.29, 1.82) is 0 Å². The molecule has 0 radical (unpaired) electrons. The second kappa shape index (κ2) is 12.1. The van der Waals surface area contributed by atoms with E-state index in [1.165, 1.54) is 24.5 Å². The van der Waals surface area contributed by atoms with Crippen LogP contribution in [-0.4, -0.2) is 29.9 Å². The molecular formula is C27H32N4O4. The molecule has 1 saturated heterocycles. The van der Waals surface area contributed by atoms with E-state index in [0.717, 1.165) is 31.1 Å². The Morgan fingerprint density at radius 2 is 1.66 bits per heavy atom. The van der Waals surface area contributed by atoms with Gasteiger partial charge in [-0.1, -0.05) is 49.4 Å². The number of benzene rings is 2. The minimum atomic E-state index is -0.553. The number of hydrogen-bond acceptors (Lipinski definition) is 5. The number of ether oxygens (including phenoxy) is 1. The molecule has 1 aliphatic heterocycles. The predicted octanol–water partition coefficient (Wildman–Crippen LogP) is 4.23. The molecule has 1 fully saturated rings. The van der Waals surface area contributed by atoms with Crippen LogP contribution < -0.4 is 20.9 Å². The van der Waals surface area contributed by atoms with Crippen LogP contribution in [-0.2, 0) is 19.7 Å². The van der Waals surface area contributed by atoms with Crippen LogP contribution in [0.1, 0.15) is 47.2 Å². The Bertz CT molecular complexity index is 1090. The lowest BCUT2D eigenvalue weighted by Gasteiger charge is -2.30. The molecule has 1 aliphatic rings. The molecule has 184 valence electrons. The molecule has 0 spiro atoms. The first-order chi connectivity index (χ1) is 17.0. The highest BCUT2D eigenvalue weighted by atomic mass is 16.5. The SMILES string of the molecule is CC1CCN(Cc2ccc(CNC(=O)NNC(=O)c3ccc(COc4ccccc4)o3)cc2)CC1. The first-order valence-electron chi connectivity index (χ1n) is 12.0. The first-order valence-corrected chi connectivity index (χ1v) is 12.0. The Kier molecular flexibility index (Phi) is 8.40. The molecule has 0 unspecified atom stereocenters. The third-order valence-corrected chi connectivity index (χ3v) is 6.06. The summed E-state index contributed by atoms with van der Waals surface area (Å²) in [4.78, 5) is 26.8. The van der Waals surface area contributed by atoms with E-state index in [9.17, 15) is 9.59 Å². The third-order valence-electron chi connectivity index (χ3n) is 6.06. The molecule has 1 aromatic heterocycles. The molecule has 2 aromatic carbocycles. The Balaban J connectivity index is 1.15. The number of nitrogens with one attached hydrogen (secondary N) is 3. The van der Waals surface area contributed by atoms with Crippen molar-refractivity contribution >= 4 is 11.9 Å². The number of rotatable bonds is 8. The van der Waals surface area contributed by atoms with E-state index in [1.807, 2.05) is 42.5 Å². The summed E-state index contributed by atoms with van der Waals surface area (Å²) in [7, 11) is 0. The Morgan fingerprint density at radius 3 is 2.40 bits per heavy atom. The van der Waals surface area contributed by atoms with Gasteiger partial charge in [-0.3, -0.25) is 15.1 Å². The number of urea groups is 1. The van der Waals surface area contributed by atoms with E-state index in [2.05, 4.69) is 40.1 Å². The molecule has 0 bridgehead atoms. The number of carbonyl (C=O) groups excluding carboxylic acids is 2. The fourth-order valence-electron chi connectivity index (χ4n) is 3.89. The Morgan fingerprint density at radius 1 is 0.943 bits per heavy atom. The summed E-state index contributed by atoms with van der Waals surface area (Å²) in [5, 5.41) is 2.73. The topological polar surface area (TPSA) is 95.8 Å². The van der Waals surface area contributed by atoms with Gasteiger partial charge in [0.2, 0.25) is 0 Å². The number of para-hydroxylation sites is 1. The van der Waals surface area contributed by atoms with E-state index >= 15 is 0 Å². The minimum Gasteiger partial charge on any atom is -0.486 e. The number of nitrogens with zero attached hydrogens (tertiary/aromatic N) is 1. The maximum absolute atomic E-state index is 12.2. The van der Waals surface area contributed by atoms with E-state index in [1.54, 1.807) is 6.07 Å². The van der Waals surface area contributed by atoms with Gasteiger partial charge < -0.3 is 14.5 Å². The molecule has 8 nitrogen and oxygen atoms in total. The van der Waals surface area contributed by atoms with Crippen LogP contribution in [0.25, 0.3) is 0 Å².